The maximum atomic E-state index is 12.7. The Labute approximate surface area is 121 Å². The van der Waals surface area contributed by atoms with E-state index in [4.69, 9.17) is 9.47 Å². The minimum absolute atomic E-state index is 0.0203. The number of carbonyl (C=O) groups excluding carboxylic acids is 2. The quantitative estimate of drug-likeness (QED) is 0.641. The predicted octanol–water partition coefficient (Wildman–Crippen LogP) is 2.90. The van der Waals surface area contributed by atoms with Crippen molar-refractivity contribution in [1.29, 1.82) is 0 Å². The molecule has 108 valence electrons. The van der Waals surface area contributed by atoms with Crippen molar-refractivity contribution < 1.29 is 23.5 Å². The van der Waals surface area contributed by atoms with Crippen LogP contribution >= 0.6 is 0 Å². The Hall–Kier alpha value is -2.69. The Morgan fingerprint density at radius 2 is 1.71 bits per heavy atom. The number of rotatable bonds is 4. The highest BCUT2D eigenvalue weighted by molar-refractivity contribution is 5.75. The van der Waals surface area contributed by atoms with E-state index < -0.39 is 17.8 Å². The van der Waals surface area contributed by atoms with Crippen LogP contribution in [-0.2, 0) is 16.0 Å². The fourth-order valence-electron chi connectivity index (χ4n) is 1.72. The van der Waals surface area contributed by atoms with E-state index in [1.807, 2.05) is 0 Å². The lowest BCUT2D eigenvalue weighted by Gasteiger charge is -2.06. The summed E-state index contributed by atoms with van der Waals surface area (Å²) in [5.74, 6) is -0.668. The van der Waals surface area contributed by atoms with Crippen molar-refractivity contribution in [3.05, 3.63) is 59.9 Å². The zero-order valence-corrected chi connectivity index (χ0v) is 11.3. The van der Waals surface area contributed by atoms with Gasteiger partial charge in [-0.25, -0.2) is 4.39 Å². The lowest BCUT2D eigenvalue weighted by Crippen LogP contribution is -2.11. The number of benzene rings is 2. The van der Waals surface area contributed by atoms with E-state index in [2.05, 4.69) is 0 Å². The molecular formula is C16H13FO4. The van der Waals surface area contributed by atoms with Gasteiger partial charge in [0, 0.05) is 6.92 Å². The molecule has 0 aliphatic rings. The Bertz CT molecular complexity index is 650. The van der Waals surface area contributed by atoms with Crippen molar-refractivity contribution in [3.63, 3.8) is 0 Å². The molecule has 21 heavy (non-hydrogen) atoms. The van der Waals surface area contributed by atoms with Gasteiger partial charge in [0.1, 0.15) is 17.3 Å². The first-order valence-corrected chi connectivity index (χ1v) is 6.26. The van der Waals surface area contributed by atoms with Crippen LogP contribution in [0.4, 0.5) is 4.39 Å². The predicted molar refractivity (Wildman–Crippen MR) is 73.5 cm³/mol. The molecule has 0 aromatic heterocycles. The van der Waals surface area contributed by atoms with Crippen LogP contribution in [0.15, 0.2) is 48.5 Å². The van der Waals surface area contributed by atoms with Gasteiger partial charge in [0.15, 0.2) is 0 Å². The number of halogens is 1. The zero-order chi connectivity index (χ0) is 15.2. The molecule has 0 saturated carbocycles. The zero-order valence-electron chi connectivity index (χ0n) is 11.3. The lowest BCUT2D eigenvalue weighted by molar-refractivity contribution is -0.133. The molecule has 0 saturated heterocycles. The van der Waals surface area contributed by atoms with Crippen LogP contribution in [0.5, 0.6) is 11.5 Å². The van der Waals surface area contributed by atoms with Crippen LogP contribution in [0.1, 0.15) is 12.5 Å². The van der Waals surface area contributed by atoms with E-state index in [1.165, 1.54) is 31.2 Å². The third-order valence-corrected chi connectivity index (χ3v) is 2.55. The van der Waals surface area contributed by atoms with Gasteiger partial charge in [-0.05, 0) is 42.0 Å². The van der Waals surface area contributed by atoms with Gasteiger partial charge in [0.2, 0.25) is 0 Å². The highest BCUT2D eigenvalue weighted by Crippen LogP contribution is 2.16. The summed E-state index contributed by atoms with van der Waals surface area (Å²) in [6.07, 6.45) is 0.0203. The SMILES string of the molecule is CC(=O)Oc1cccc(CC(=O)Oc2ccc(F)cc2)c1. The Morgan fingerprint density at radius 1 is 1.00 bits per heavy atom. The summed E-state index contributed by atoms with van der Waals surface area (Å²) in [7, 11) is 0. The summed E-state index contributed by atoms with van der Waals surface area (Å²) in [5, 5.41) is 0. The molecule has 5 heteroatoms. The van der Waals surface area contributed by atoms with E-state index in [9.17, 15) is 14.0 Å². The van der Waals surface area contributed by atoms with Gasteiger partial charge in [-0.3, -0.25) is 9.59 Å². The molecule has 0 heterocycles. The first-order chi connectivity index (χ1) is 10.0. The minimum atomic E-state index is -0.485. The number of carbonyl (C=O) groups is 2. The fourth-order valence-corrected chi connectivity index (χ4v) is 1.72. The van der Waals surface area contributed by atoms with Crippen molar-refractivity contribution in [2.24, 2.45) is 0 Å². The molecule has 2 rings (SSSR count). The van der Waals surface area contributed by atoms with Crippen LogP contribution in [0.2, 0.25) is 0 Å². The average Bonchev–Trinajstić information content (AvgIpc) is 2.41. The Kier molecular flexibility index (Phi) is 4.66. The second kappa shape index (κ2) is 6.65. The molecule has 0 aliphatic carbocycles. The molecule has 0 radical (unpaired) electrons. The molecule has 0 N–H and O–H groups in total. The van der Waals surface area contributed by atoms with Crippen LogP contribution in [0.25, 0.3) is 0 Å². The normalized spacial score (nSPS) is 10.0. The molecular weight excluding hydrogens is 275 g/mol. The minimum Gasteiger partial charge on any atom is -0.427 e. The van der Waals surface area contributed by atoms with Crippen molar-refractivity contribution in [1.82, 2.24) is 0 Å². The third kappa shape index (κ3) is 4.72. The van der Waals surface area contributed by atoms with E-state index in [0.717, 1.165) is 0 Å². The maximum absolute atomic E-state index is 12.7. The standard InChI is InChI=1S/C16H13FO4/c1-11(18)20-15-4-2-3-12(9-15)10-16(19)21-14-7-5-13(17)6-8-14/h2-9H,10H2,1H3. The molecule has 2 aromatic rings. The molecule has 0 fully saturated rings. The second-order valence-corrected chi connectivity index (χ2v) is 4.35. The monoisotopic (exact) mass is 288 g/mol. The topological polar surface area (TPSA) is 52.6 Å². The number of hydrogen-bond acceptors (Lipinski definition) is 4. The lowest BCUT2D eigenvalue weighted by atomic mass is 10.1. The smallest absolute Gasteiger partial charge is 0.315 e. The number of ether oxygens (including phenoxy) is 2. The van der Waals surface area contributed by atoms with Gasteiger partial charge in [-0.2, -0.15) is 0 Å². The summed E-state index contributed by atoms with van der Waals surface area (Å²) in [5.41, 5.74) is 0.654. The van der Waals surface area contributed by atoms with Crippen molar-refractivity contribution >= 4 is 11.9 Å². The first kappa shape index (κ1) is 14.7. The Balaban J connectivity index is 1.99. The summed E-state index contributed by atoms with van der Waals surface area (Å²) >= 11 is 0. The molecule has 4 nitrogen and oxygen atoms in total. The van der Waals surface area contributed by atoms with Gasteiger partial charge in [-0.15, -0.1) is 0 Å². The van der Waals surface area contributed by atoms with E-state index in [1.54, 1.807) is 24.3 Å². The van der Waals surface area contributed by atoms with Crippen LogP contribution in [0, 0.1) is 5.82 Å². The third-order valence-electron chi connectivity index (χ3n) is 2.55. The van der Waals surface area contributed by atoms with Crippen molar-refractivity contribution in [2.75, 3.05) is 0 Å². The molecule has 0 spiro atoms. The Morgan fingerprint density at radius 3 is 2.38 bits per heavy atom. The second-order valence-electron chi connectivity index (χ2n) is 4.35. The van der Waals surface area contributed by atoms with E-state index >= 15 is 0 Å². The maximum Gasteiger partial charge on any atom is 0.315 e. The molecule has 0 atom stereocenters. The first-order valence-electron chi connectivity index (χ1n) is 6.26. The highest BCUT2D eigenvalue weighted by Gasteiger charge is 2.08. The summed E-state index contributed by atoms with van der Waals surface area (Å²) < 4.78 is 22.8. The van der Waals surface area contributed by atoms with Crippen molar-refractivity contribution in [3.8, 4) is 11.5 Å². The van der Waals surface area contributed by atoms with E-state index in [0.29, 0.717) is 11.3 Å². The largest absolute Gasteiger partial charge is 0.427 e. The van der Waals surface area contributed by atoms with Gasteiger partial charge >= 0.3 is 11.9 Å². The molecule has 0 bridgehead atoms. The molecule has 0 aliphatic heterocycles. The van der Waals surface area contributed by atoms with Gasteiger partial charge in [0.05, 0.1) is 6.42 Å². The van der Waals surface area contributed by atoms with Gasteiger partial charge < -0.3 is 9.47 Å². The van der Waals surface area contributed by atoms with Gasteiger partial charge in [0.25, 0.3) is 0 Å². The van der Waals surface area contributed by atoms with Crippen LogP contribution in [0.3, 0.4) is 0 Å². The number of hydrogen-bond donors (Lipinski definition) is 0. The fraction of sp³-hybridized carbons (Fsp3) is 0.125. The summed E-state index contributed by atoms with van der Waals surface area (Å²) in [4.78, 5) is 22.6. The van der Waals surface area contributed by atoms with E-state index in [-0.39, 0.29) is 12.2 Å². The van der Waals surface area contributed by atoms with Gasteiger partial charge in [-0.1, -0.05) is 12.1 Å². The number of esters is 2. The average molecular weight is 288 g/mol. The summed E-state index contributed by atoms with van der Waals surface area (Å²) in [6.45, 7) is 1.30. The highest BCUT2D eigenvalue weighted by atomic mass is 19.1. The molecule has 2 aromatic carbocycles. The van der Waals surface area contributed by atoms with Crippen molar-refractivity contribution in [2.45, 2.75) is 13.3 Å². The molecule has 0 amide bonds. The van der Waals surface area contributed by atoms with Crippen LogP contribution in [-0.4, -0.2) is 11.9 Å². The van der Waals surface area contributed by atoms with Crippen LogP contribution < -0.4 is 9.47 Å². The molecule has 0 unspecified atom stereocenters. The summed E-state index contributed by atoms with van der Waals surface area (Å²) in [6, 6.07) is 11.8.